The van der Waals surface area contributed by atoms with Gasteiger partial charge in [-0.05, 0) is 6.92 Å². The summed E-state index contributed by atoms with van der Waals surface area (Å²) in [6.07, 6.45) is 8.18. The summed E-state index contributed by atoms with van der Waals surface area (Å²) in [5, 5.41) is 0. The molecule has 0 unspecified atom stereocenters. The van der Waals surface area contributed by atoms with Crippen molar-refractivity contribution < 1.29 is 0 Å². The van der Waals surface area contributed by atoms with Crippen LogP contribution >= 0.6 is 0 Å². The average molecular weight is 118 g/mol. The highest BCUT2D eigenvalue weighted by molar-refractivity contribution is 5.22. The number of rotatable bonds is 0. The molecule has 0 aliphatic heterocycles. The van der Waals surface area contributed by atoms with E-state index in [0.29, 0.717) is 0 Å². The normalized spacial score (nSPS) is 26.1. The molecule has 1 aliphatic rings. The Hall–Kier alpha value is -0.960. The molecule has 0 saturated carbocycles. The second kappa shape index (κ2) is 3.14. The summed E-state index contributed by atoms with van der Waals surface area (Å²) in [7, 11) is 0. The zero-order valence-corrected chi connectivity index (χ0v) is 5.65. The van der Waals surface area contributed by atoms with Gasteiger partial charge in [0.15, 0.2) is 0 Å². The topological polar surface area (TPSA) is 0 Å². The molecule has 0 aromatic heterocycles. The van der Waals surface area contributed by atoms with Crippen LogP contribution in [0.1, 0.15) is 19.8 Å². The molecule has 1 aliphatic carbocycles. The first-order valence-electron chi connectivity index (χ1n) is 3.18. The highest BCUT2D eigenvalue weighted by atomic mass is 13.9. The van der Waals surface area contributed by atoms with Gasteiger partial charge < -0.3 is 0 Å². The monoisotopic (exact) mass is 118 g/mol. The van der Waals surface area contributed by atoms with Gasteiger partial charge >= 0.3 is 0 Å². The molecular weight excluding hydrogens is 108 g/mol. The Kier molecular flexibility index (Phi) is 2.15. The first kappa shape index (κ1) is 6.16. The minimum Gasteiger partial charge on any atom is -0.0988 e. The largest absolute Gasteiger partial charge is 0.0988 e. The minimum absolute atomic E-state index is 0.908. The molecule has 0 radical (unpaired) electrons. The van der Waals surface area contributed by atoms with E-state index >= 15 is 0 Å². The van der Waals surface area contributed by atoms with Crippen molar-refractivity contribution in [1.29, 1.82) is 0 Å². The molecule has 0 aromatic rings. The van der Waals surface area contributed by atoms with Gasteiger partial charge in [-0.25, -0.2) is 0 Å². The molecule has 0 saturated heterocycles. The molecule has 0 atom stereocenters. The van der Waals surface area contributed by atoms with Gasteiger partial charge in [0.25, 0.3) is 0 Å². The molecule has 1 rings (SSSR count). The standard InChI is InChI=1S/C9H10/c1-9-7-5-3-2-4-6-8-9/h5,7-8H,3,6H2,1H3/b7-5-,9-8-. The summed E-state index contributed by atoms with van der Waals surface area (Å²) in [5.74, 6) is 6.07. The van der Waals surface area contributed by atoms with Crippen LogP contribution in [0.4, 0.5) is 0 Å². The molecule has 0 bridgehead atoms. The van der Waals surface area contributed by atoms with Gasteiger partial charge in [0.2, 0.25) is 0 Å². The van der Waals surface area contributed by atoms with Gasteiger partial charge in [-0.2, -0.15) is 0 Å². The second-order valence-electron chi connectivity index (χ2n) is 2.11. The predicted octanol–water partition coefficient (Wildman–Crippen LogP) is 2.29. The molecule has 0 heterocycles. The molecular formula is C9H10. The van der Waals surface area contributed by atoms with Crippen molar-refractivity contribution in [1.82, 2.24) is 0 Å². The first-order valence-corrected chi connectivity index (χ1v) is 3.18. The minimum atomic E-state index is 0.908. The lowest BCUT2D eigenvalue weighted by Gasteiger charge is -1.90. The van der Waals surface area contributed by atoms with Crippen molar-refractivity contribution in [3.05, 3.63) is 23.8 Å². The Morgan fingerprint density at radius 2 is 2.11 bits per heavy atom. The van der Waals surface area contributed by atoms with Gasteiger partial charge in [-0.1, -0.05) is 35.6 Å². The fourth-order valence-electron chi connectivity index (χ4n) is 0.728. The maximum atomic E-state index is 3.04. The van der Waals surface area contributed by atoms with Crippen molar-refractivity contribution >= 4 is 0 Å². The molecule has 0 spiro atoms. The van der Waals surface area contributed by atoms with Crippen LogP contribution in [-0.4, -0.2) is 0 Å². The summed E-state index contributed by atoms with van der Waals surface area (Å²) in [6, 6.07) is 0. The molecule has 0 amide bonds. The van der Waals surface area contributed by atoms with Gasteiger partial charge in [0, 0.05) is 12.8 Å². The lowest BCUT2D eigenvalue weighted by atomic mass is 10.2. The van der Waals surface area contributed by atoms with Crippen LogP contribution in [0.2, 0.25) is 0 Å². The van der Waals surface area contributed by atoms with E-state index in [9.17, 15) is 0 Å². The third-order valence-electron chi connectivity index (χ3n) is 1.25. The van der Waals surface area contributed by atoms with Crippen LogP contribution in [-0.2, 0) is 0 Å². The quantitative estimate of drug-likeness (QED) is 0.428. The van der Waals surface area contributed by atoms with E-state index in [-0.39, 0.29) is 0 Å². The second-order valence-corrected chi connectivity index (χ2v) is 2.11. The lowest BCUT2D eigenvalue weighted by Crippen LogP contribution is -1.72. The zero-order valence-electron chi connectivity index (χ0n) is 5.65. The maximum Gasteiger partial charge on any atom is 0.0275 e. The van der Waals surface area contributed by atoms with Crippen LogP contribution in [0, 0.1) is 11.8 Å². The van der Waals surface area contributed by atoms with E-state index in [4.69, 9.17) is 0 Å². The Balaban J connectivity index is 2.69. The fraction of sp³-hybridized carbons (Fsp3) is 0.333. The predicted molar refractivity (Wildman–Crippen MR) is 39.9 cm³/mol. The molecule has 0 fully saturated rings. The SMILES string of the molecule is CC1=C/CC#CC/C=C\1. The van der Waals surface area contributed by atoms with Crippen molar-refractivity contribution in [2.75, 3.05) is 0 Å². The molecule has 0 nitrogen and oxygen atoms in total. The van der Waals surface area contributed by atoms with Crippen molar-refractivity contribution in [3.8, 4) is 11.8 Å². The average Bonchev–Trinajstić information content (AvgIpc) is 1.79. The molecule has 46 valence electrons. The molecule has 0 aromatic carbocycles. The van der Waals surface area contributed by atoms with Crippen molar-refractivity contribution in [3.63, 3.8) is 0 Å². The van der Waals surface area contributed by atoms with Crippen LogP contribution in [0.5, 0.6) is 0 Å². The smallest absolute Gasteiger partial charge is 0.0275 e. The maximum absolute atomic E-state index is 3.04. The Labute approximate surface area is 56.3 Å². The molecule has 9 heavy (non-hydrogen) atoms. The Morgan fingerprint density at radius 3 is 3.00 bits per heavy atom. The van der Waals surface area contributed by atoms with E-state index in [0.717, 1.165) is 12.8 Å². The third kappa shape index (κ3) is 2.19. The lowest BCUT2D eigenvalue weighted by molar-refractivity contribution is 1.32. The van der Waals surface area contributed by atoms with Crippen LogP contribution in [0.15, 0.2) is 23.8 Å². The van der Waals surface area contributed by atoms with E-state index < -0.39 is 0 Å². The fourth-order valence-corrected chi connectivity index (χ4v) is 0.728. The van der Waals surface area contributed by atoms with E-state index in [1.165, 1.54) is 5.57 Å². The highest BCUT2D eigenvalue weighted by Crippen LogP contribution is 1.99. The van der Waals surface area contributed by atoms with Gasteiger partial charge in [-0.15, -0.1) is 0 Å². The summed E-state index contributed by atoms with van der Waals surface area (Å²) < 4.78 is 0. The first-order chi connectivity index (χ1) is 4.39. The zero-order chi connectivity index (χ0) is 6.53. The van der Waals surface area contributed by atoms with Crippen LogP contribution < -0.4 is 0 Å². The van der Waals surface area contributed by atoms with E-state index in [1.54, 1.807) is 0 Å². The third-order valence-corrected chi connectivity index (χ3v) is 1.25. The molecule has 0 N–H and O–H groups in total. The Bertz CT molecular complexity index is 196. The van der Waals surface area contributed by atoms with Crippen molar-refractivity contribution in [2.45, 2.75) is 19.8 Å². The van der Waals surface area contributed by atoms with E-state index in [2.05, 4.69) is 37.0 Å². The van der Waals surface area contributed by atoms with Gasteiger partial charge in [-0.3, -0.25) is 0 Å². The summed E-state index contributed by atoms with van der Waals surface area (Å²) in [5.41, 5.74) is 1.32. The van der Waals surface area contributed by atoms with Gasteiger partial charge in [0.05, 0.1) is 0 Å². The summed E-state index contributed by atoms with van der Waals surface area (Å²) >= 11 is 0. The van der Waals surface area contributed by atoms with Gasteiger partial charge in [0.1, 0.15) is 0 Å². The summed E-state index contributed by atoms with van der Waals surface area (Å²) in [4.78, 5) is 0. The van der Waals surface area contributed by atoms with Crippen molar-refractivity contribution in [2.24, 2.45) is 0 Å². The molecule has 0 heteroatoms. The summed E-state index contributed by atoms with van der Waals surface area (Å²) in [6.45, 7) is 2.10. The Morgan fingerprint density at radius 1 is 1.33 bits per heavy atom. The number of hydrogen-bond donors (Lipinski definition) is 0. The highest BCUT2D eigenvalue weighted by Gasteiger charge is 1.81. The van der Waals surface area contributed by atoms with E-state index in [1.807, 2.05) is 0 Å². The van der Waals surface area contributed by atoms with Crippen LogP contribution in [0.25, 0.3) is 0 Å². The number of allylic oxidation sites excluding steroid dienone is 4. The van der Waals surface area contributed by atoms with Crippen LogP contribution in [0.3, 0.4) is 0 Å². The number of hydrogen-bond acceptors (Lipinski definition) is 0.